The van der Waals surface area contributed by atoms with Gasteiger partial charge in [0.1, 0.15) is 17.1 Å². The third-order valence-electron chi connectivity index (χ3n) is 3.77. The first-order chi connectivity index (χ1) is 13.5. The van der Waals surface area contributed by atoms with Gasteiger partial charge in [-0.05, 0) is 55.5 Å². The van der Waals surface area contributed by atoms with Gasteiger partial charge in [-0.25, -0.2) is 4.79 Å². The van der Waals surface area contributed by atoms with E-state index in [9.17, 15) is 14.4 Å². The minimum atomic E-state index is -0.862. The van der Waals surface area contributed by atoms with Crippen LogP contribution in [0.3, 0.4) is 0 Å². The summed E-state index contributed by atoms with van der Waals surface area (Å²) in [4.78, 5) is 37.6. The van der Waals surface area contributed by atoms with Crippen molar-refractivity contribution < 1.29 is 19.1 Å². The van der Waals surface area contributed by atoms with Gasteiger partial charge in [0.15, 0.2) is 6.61 Å². The van der Waals surface area contributed by atoms with Crippen LogP contribution in [0.4, 0.5) is 5.69 Å². The normalized spacial score (nSPS) is 10.2. The summed E-state index contributed by atoms with van der Waals surface area (Å²) in [5.74, 6) is -0.0476. The number of hydrogen-bond donors (Lipinski definition) is 2. The van der Waals surface area contributed by atoms with Crippen LogP contribution in [0.5, 0.6) is 11.5 Å². The molecule has 142 valence electrons. The van der Waals surface area contributed by atoms with Gasteiger partial charge in [0.2, 0.25) is 0 Å². The van der Waals surface area contributed by atoms with E-state index in [1.54, 1.807) is 24.3 Å². The quantitative estimate of drug-likeness (QED) is 0.642. The molecule has 7 nitrogen and oxygen atoms in total. The lowest BCUT2D eigenvalue weighted by Gasteiger charge is -2.09. The second-order valence-electron chi connectivity index (χ2n) is 5.98. The summed E-state index contributed by atoms with van der Waals surface area (Å²) in [7, 11) is 0. The molecule has 0 atom stereocenters. The summed E-state index contributed by atoms with van der Waals surface area (Å²) in [6.45, 7) is 1.49. The van der Waals surface area contributed by atoms with E-state index in [0.717, 1.165) is 5.56 Å². The van der Waals surface area contributed by atoms with Crippen LogP contribution in [0.2, 0.25) is 0 Å². The lowest BCUT2D eigenvalue weighted by molar-refractivity contribution is -0.119. The number of anilines is 1. The Morgan fingerprint density at radius 2 is 1.61 bits per heavy atom. The predicted molar refractivity (Wildman–Crippen MR) is 104 cm³/mol. The average Bonchev–Trinajstić information content (AvgIpc) is 2.70. The number of amides is 1. The van der Waals surface area contributed by atoms with Crippen LogP contribution in [-0.4, -0.2) is 23.5 Å². The number of aromatic amines is 1. The molecule has 2 N–H and O–H groups in total. The Morgan fingerprint density at radius 3 is 2.25 bits per heavy atom. The van der Waals surface area contributed by atoms with Gasteiger partial charge in [-0.1, -0.05) is 17.7 Å². The third kappa shape index (κ3) is 5.07. The molecular formula is C21H18N2O5. The number of hydrogen-bond acceptors (Lipinski definition) is 5. The number of rotatable bonds is 6. The molecule has 2 aromatic carbocycles. The molecule has 28 heavy (non-hydrogen) atoms. The Bertz CT molecular complexity index is 1020. The van der Waals surface area contributed by atoms with Crippen LogP contribution in [-0.2, 0) is 9.53 Å². The summed E-state index contributed by atoms with van der Waals surface area (Å²) in [6, 6.07) is 17.2. The number of nitrogens with one attached hydrogen (secondary N) is 2. The highest BCUT2D eigenvalue weighted by molar-refractivity contribution is 5.95. The van der Waals surface area contributed by atoms with Gasteiger partial charge in [0.25, 0.3) is 11.5 Å². The van der Waals surface area contributed by atoms with Crippen molar-refractivity contribution in [2.24, 2.45) is 0 Å². The first kappa shape index (κ1) is 18.9. The van der Waals surface area contributed by atoms with Crippen molar-refractivity contribution in [3.63, 3.8) is 0 Å². The molecular weight excluding hydrogens is 360 g/mol. The van der Waals surface area contributed by atoms with Gasteiger partial charge in [0.05, 0.1) is 0 Å². The fraction of sp³-hybridized carbons (Fsp3) is 0.0952. The number of carbonyl (C=O) groups is 2. The molecule has 1 aromatic heterocycles. The summed E-state index contributed by atoms with van der Waals surface area (Å²) < 4.78 is 10.6. The molecule has 0 fully saturated rings. The highest BCUT2D eigenvalue weighted by Gasteiger charge is 2.13. The van der Waals surface area contributed by atoms with Crippen LogP contribution in [0.15, 0.2) is 71.7 Å². The molecule has 0 radical (unpaired) electrons. The van der Waals surface area contributed by atoms with Gasteiger partial charge >= 0.3 is 5.97 Å². The van der Waals surface area contributed by atoms with Crippen molar-refractivity contribution in [2.45, 2.75) is 6.92 Å². The minimum Gasteiger partial charge on any atom is -0.457 e. The molecule has 1 amide bonds. The SMILES string of the molecule is Cc1ccc(Oc2ccc(NC(=O)COC(=O)c3ccc[nH]c3=O)cc2)cc1. The predicted octanol–water partition coefficient (Wildman–Crippen LogP) is 3.27. The summed E-state index contributed by atoms with van der Waals surface area (Å²) >= 11 is 0. The van der Waals surface area contributed by atoms with Crippen LogP contribution in [0, 0.1) is 6.92 Å². The van der Waals surface area contributed by atoms with Crippen molar-refractivity contribution >= 4 is 17.6 Å². The molecule has 0 aliphatic rings. The number of H-pyrrole nitrogens is 1. The van der Waals surface area contributed by atoms with Crippen LogP contribution in [0.1, 0.15) is 15.9 Å². The highest BCUT2D eigenvalue weighted by Crippen LogP contribution is 2.23. The second-order valence-corrected chi connectivity index (χ2v) is 5.98. The van der Waals surface area contributed by atoms with Gasteiger partial charge < -0.3 is 19.8 Å². The van der Waals surface area contributed by atoms with Gasteiger partial charge in [-0.15, -0.1) is 0 Å². The molecule has 0 aliphatic heterocycles. The van der Waals surface area contributed by atoms with E-state index in [1.807, 2.05) is 31.2 Å². The molecule has 0 saturated carbocycles. The maximum absolute atomic E-state index is 11.9. The summed E-state index contributed by atoms with van der Waals surface area (Å²) in [5.41, 5.74) is 0.933. The Hall–Kier alpha value is -3.87. The average molecular weight is 378 g/mol. The fourth-order valence-corrected chi connectivity index (χ4v) is 2.34. The molecule has 0 aliphatic carbocycles. The Labute approximate surface area is 160 Å². The van der Waals surface area contributed by atoms with E-state index in [4.69, 9.17) is 9.47 Å². The van der Waals surface area contributed by atoms with E-state index < -0.39 is 24.0 Å². The van der Waals surface area contributed by atoms with E-state index in [1.165, 1.54) is 18.3 Å². The molecule has 3 aromatic rings. The van der Waals surface area contributed by atoms with Crippen molar-refractivity contribution in [1.29, 1.82) is 0 Å². The number of carbonyl (C=O) groups excluding carboxylic acids is 2. The molecule has 1 heterocycles. The van der Waals surface area contributed by atoms with Crippen molar-refractivity contribution in [3.05, 3.63) is 88.3 Å². The Kier molecular flexibility index (Phi) is 5.86. The van der Waals surface area contributed by atoms with Gasteiger partial charge in [-0.2, -0.15) is 0 Å². The zero-order valence-electron chi connectivity index (χ0n) is 15.1. The second kappa shape index (κ2) is 8.68. The molecule has 3 rings (SSSR count). The summed E-state index contributed by atoms with van der Waals surface area (Å²) in [6.07, 6.45) is 1.40. The van der Waals surface area contributed by atoms with Gasteiger partial charge in [-0.3, -0.25) is 9.59 Å². The molecule has 0 unspecified atom stereocenters. The highest BCUT2D eigenvalue weighted by atomic mass is 16.5. The number of esters is 1. The van der Waals surface area contributed by atoms with Crippen molar-refractivity contribution in [1.82, 2.24) is 4.98 Å². The Balaban J connectivity index is 1.51. The number of ether oxygens (including phenoxy) is 2. The number of aryl methyl sites for hydroxylation is 1. The van der Waals surface area contributed by atoms with E-state index in [2.05, 4.69) is 10.3 Å². The first-order valence-electron chi connectivity index (χ1n) is 8.50. The molecule has 0 spiro atoms. The maximum atomic E-state index is 11.9. The van der Waals surface area contributed by atoms with Crippen molar-refractivity contribution in [3.8, 4) is 11.5 Å². The number of benzene rings is 2. The first-order valence-corrected chi connectivity index (χ1v) is 8.50. The van der Waals surface area contributed by atoms with E-state index >= 15 is 0 Å². The van der Waals surface area contributed by atoms with Crippen molar-refractivity contribution in [2.75, 3.05) is 11.9 Å². The number of pyridine rings is 1. The van der Waals surface area contributed by atoms with Gasteiger partial charge in [0, 0.05) is 11.9 Å². The van der Waals surface area contributed by atoms with E-state index in [0.29, 0.717) is 17.2 Å². The van der Waals surface area contributed by atoms with Crippen LogP contribution >= 0.6 is 0 Å². The lowest BCUT2D eigenvalue weighted by atomic mass is 10.2. The maximum Gasteiger partial charge on any atom is 0.344 e. The van der Waals surface area contributed by atoms with Crippen LogP contribution in [0.25, 0.3) is 0 Å². The molecule has 0 bridgehead atoms. The summed E-state index contributed by atoms with van der Waals surface area (Å²) in [5, 5.41) is 2.60. The lowest BCUT2D eigenvalue weighted by Crippen LogP contribution is -2.24. The smallest absolute Gasteiger partial charge is 0.344 e. The zero-order valence-corrected chi connectivity index (χ0v) is 15.1. The van der Waals surface area contributed by atoms with Crippen LogP contribution < -0.4 is 15.6 Å². The monoisotopic (exact) mass is 378 g/mol. The molecule has 7 heteroatoms. The van der Waals surface area contributed by atoms with E-state index in [-0.39, 0.29) is 5.56 Å². The topological polar surface area (TPSA) is 97.5 Å². The molecule has 0 saturated heterocycles. The minimum absolute atomic E-state index is 0.159. The number of aromatic nitrogens is 1. The standard InChI is InChI=1S/C21H18N2O5/c1-14-4-8-16(9-5-14)28-17-10-6-15(7-11-17)23-19(24)13-27-21(26)18-3-2-12-22-20(18)25/h2-12H,13H2,1H3,(H,22,25)(H,23,24). The largest absolute Gasteiger partial charge is 0.457 e. The zero-order chi connectivity index (χ0) is 19.9. The Morgan fingerprint density at radius 1 is 0.964 bits per heavy atom. The third-order valence-corrected chi connectivity index (χ3v) is 3.77. The fourth-order valence-electron chi connectivity index (χ4n) is 2.34.